The highest BCUT2D eigenvalue weighted by atomic mass is 127. The third-order valence-corrected chi connectivity index (χ3v) is 3.15. The van der Waals surface area contributed by atoms with Crippen LogP contribution in [0.3, 0.4) is 0 Å². The van der Waals surface area contributed by atoms with Crippen molar-refractivity contribution in [2.75, 3.05) is 0 Å². The molecule has 1 aromatic heterocycles. The lowest BCUT2D eigenvalue weighted by molar-refractivity contribution is 0.0507. The average Bonchev–Trinajstić information content (AvgIpc) is 2.13. The zero-order valence-electron chi connectivity index (χ0n) is 11.4. The first-order chi connectivity index (χ1) is 8.19. The summed E-state index contributed by atoms with van der Waals surface area (Å²) in [5.41, 5.74) is 1.47. The highest BCUT2D eigenvalue weighted by Crippen LogP contribution is 2.20. The number of aryl methyl sites for hydroxylation is 1. The molecule has 1 heterocycles. The van der Waals surface area contributed by atoms with Gasteiger partial charge in [-0.05, 0) is 63.3 Å². The smallest absolute Gasteiger partial charge is 0.408 e. The van der Waals surface area contributed by atoms with Crippen LogP contribution in [0, 0.1) is 10.5 Å². The van der Waals surface area contributed by atoms with Crippen molar-refractivity contribution < 1.29 is 9.53 Å². The van der Waals surface area contributed by atoms with Gasteiger partial charge >= 0.3 is 6.09 Å². The van der Waals surface area contributed by atoms with Gasteiger partial charge in [-0.2, -0.15) is 0 Å². The molecule has 18 heavy (non-hydrogen) atoms. The summed E-state index contributed by atoms with van der Waals surface area (Å²) in [4.78, 5) is 15.9. The molecule has 1 amide bonds. The molecule has 0 saturated carbocycles. The SMILES string of the molecule is Cc1cc(I)c([C@H](C)NC(=O)OC(C)(C)C)cn1. The highest BCUT2D eigenvalue weighted by molar-refractivity contribution is 14.1. The second-order valence-electron chi connectivity index (χ2n) is 5.22. The fraction of sp³-hybridized carbons (Fsp3) is 0.538. The Kier molecular flexibility index (Phi) is 4.95. The van der Waals surface area contributed by atoms with E-state index in [2.05, 4.69) is 32.9 Å². The monoisotopic (exact) mass is 362 g/mol. The first-order valence-electron chi connectivity index (χ1n) is 5.80. The number of aromatic nitrogens is 1. The number of amides is 1. The molecule has 1 rings (SSSR count). The van der Waals surface area contributed by atoms with Gasteiger partial charge in [-0.1, -0.05) is 0 Å². The number of hydrogen-bond donors (Lipinski definition) is 1. The van der Waals surface area contributed by atoms with Crippen LogP contribution in [0.4, 0.5) is 4.79 Å². The van der Waals surface area contributed by atoms with Crippen LogP contribution in [-0.2, 0) is 4.74 Å². The lowest BCUT2D eigenvalue weighted by Crippen LogP contribution is -2.34. The molecule has 0 aliphatic heterocycles. The van der Waals surface area contributed by atoms with Gasteiger partial charge in [-0.25, -0.2) is 4.79 Å². The highest BCUT2D eigenvalue weighted by Gasteiger charge is 2.19. The average molecular weight is 362 g/mol. The maximum Gasteiger partial charge on any atom is 0.408 e. The maximum absolute atomic E-state index is 11.7. The molecule has 0 unspecified atom stereocenters. The van der Waals surface area contributed by atoms with E-state index in [1.807, 2.05) is 40.7 Å². The van der Waals surface area contributed by atoms with E-state index in [1.165, 1.54) is 0 Å². The van der Waals surface area contributed by atoms with Gasteiger partial charge in [0, 0.05) is 21.0 Å². The summed E-state index contributed by atoms with van der Waals surface area (Å²) in [5.74, 6) is 0. The number of hydrogen-bond acceptors (Lipinski definition) is 3. The van der Waals surface area contributed by atoms with Crippen molar-refractivity contribution in [2.45, 2.75) is 46.3 Å². The summed E-state index contributed by atoms with van der Waals surface area (Å²) < 4.78 is 6.31. The molecule has 0 aliphatic carbocycles. The van der Waals surface area contributed by atoms with Crippen LogP contribution in [0.25, 0.3) is 0 Å². The van der Waals surface area contributed by atoms with Crippen LogP contribution < -0.4 is 5.32 Å². The zero-order valence-corrected chi connectivity index (χ0v) is 13.5. The molecular formula is C13H19IN2O2. The molecule has 0 fully saturated rings. The molecule has 1 atom stereocenters. The maximum atomic E-state index is 11.7. The number of alkyl carbamates (subject to hydrolysis) is 1. The van der Waals surface area contributed by atoms with Gasteiger partial charge in [-0.3, -0.25) is 4.98 Å². The van der Waals surface area contributed by atoms with Gasteiger partial charge in [0.2, 0.25) is 0 Å². The number of halogens is 1. The Bertz CT molecular complexity index is 441. The largest absolute Gasteiger partial charge is 0.444 e. The first-order valence-corrected chi connectivity index (χ1v) is 6.88. The number of rotatable bonds is 2. The second-order valence-corrected chi connectivity index (χ2v) is 6.38. The predicted octanol–water partition coefficient (Wildman–Crippen LogP) is 3.58. The van der Waals surface area contributed by atoms with E-state index in [1.54, 1.807) is 6.20 Å². The third kappa shape index (κ3) is 4.80. The standard InChI is InChI=1S/C13H19IN2O2/c1-8-6-11(14)10(7-15-8)9(2)16-12(17)18-13(3,4)5/h6-7,9H,1-5H3,(H,16,17)/t9-/m0/s1. The number of nitrogens with one attached hydrogen (secondary N) is 1. The Hall–Kier alpha value is -0.850. The normalized spacial score (nSPS) is 13.0. The number of carbonyl (C=O) groups excluding carboxylic acids is 1. The number of carbonyl (C=O) groups is 1. The van der Waals surface area contributed by atoms with Gasteiger partial charge in [0.15, 0.2) is 0 Å². The summed E-state index contributed by atoms with van der Waals surface area (Å²) in [6.45, 7) is 9.38. The minimum absolute atomic E-state index is 0.125. The van der Waals surface area contributed by atoms with Gasteiger partial charge in [0.25, 0.3) is 0 Å². The molecule has 0 radical (unpaired) electrons. The molecule has 0 spiro atoms. The fourth-order valence-electron chi connectivity index (χ4n) is 1.42. The van der Waals surface area contributed by atoms with Crippen molar-refractivity contribution in [3.05, 3.63) is 27.1 Å². The van der Waals surface area contributed by atoms with E-state index < -0.39 is 11.7 Å². The molecule has 0 saturated heterocycles. The topological polar surface area (TPSA) is 51.2 Å². The number of ether oxygens (including phenoxy) is 1. The van der Waals surface area contributed by atoms with Gasteiger partial charge in [-0.15, -0.1) is 0 Å². The fourth-order valence-corrected chi connectivity index (χ4v) is 2.47. The minimum Gasteiger partial charge on any atom is -0.444 e. The van der Waals surface area contributed by atoms with Crippen LogP contribution in [0.5, 0.6) is 0 Å². The lowest BCUT2D eigenvalue weighted by Gasteiger charge is -2.22. The number of nitrogens with zero attached hydrogens (tertiary/aromatic N) is 1. The molecule has 0 bridgehead atoms. The quantitative estimate of drug-likeness (QED) is 0.819. The molecule has 5 heteroatoms. The van der Waals surface area contributed by atoms with E-state index in [-0.39, 0.29) is 6.04 Å². The van der Waals surface area contributed by atoms with E-state index in [0.717, 1.165) is 14.8 Å². The molecular weight excluding hydrogens is 343 g/mol. The molecule has 0 aliphatic rings. The van der Waals surface area contributed by atoms with Crippen LogP contribution in [0.2, 0.25) is 0 Å². The van der Waals surface area contributed by atoms with Crippen LogP contribution in [0.1, 0.15) is 45.0 Å². The van der Waals surface area contributed by atoms with E-state index in [9.17, 15) is 4.79 Å². The van der Waals surface area contributed by atoms with Crippen molar-refractivity contribution in [2.24, 2.45) is 0 Å². The van der Waals surface area contributed by atoms with Gasteiger partial charge in [0.1, 0.15) is 5.60 Å². The Labute approximate surface area is 122 Å². The Morgan fingerprint density at radius 2 is 2.11 bits per heavy atom. The minimum atomic E-state index is -0.484. The van der Waals surface area contributed by atoms with Crippen molar-refractivity contribution in [1.82, 2.24) is 10.3 Å². The molecule has 0 aromatic carbocycles. The Morgan fingerprint density at radius 1 is 1.50 bits per heavy atom. The van der Waals surface area contributed by atoms with Crippen molar-refractivity contribution >= 4 is 28.7 Å². The van der Waals surface area contributed by atoms with Crippen molar-refractivity contribution in [3.8, 4) is 0 Å². The number of pyridine rings is 1. The lowest BCUT2D eigenvalue weighted by atomic mass is 10.1. The molecule has 4 nitrogen and oxygen atoms in total. The zero-order chi connectivity index (χ0) is 13.9. The Balaban J connectivity index is 2.71. The second kappa shape index (κ2) is 5.86. The molecule has 100 valence electrons. The van der Waals surface area contributed by atoms with E-state index >= 15 is 0 Å². The van der Waals surface area contributed by atoms with Crippen molar-refractivity contribution in [1.29, 1.82) is 0 Å². The Morgan fingerprint density at radius 3 is 2.61 bits per heavy atom. The first kappa shape index (κ1) is 15.2. The molecule has 1 N–H and O–H groups in total. The molecule has 1 aromatic rings. The van der Waals surface area contributed by atoms with Crippen LogP contribution in [-0.4, -0.2) is 16.7 Å². The summed E-state index contributed by atoms with van der Waals surface area (Å²) >= 11 is 2.24. The third-order valence-electron chi connectivity index (χ3n) is 2.22. The van der Waals surface area contributed by atoms with E-state index in [0.29, 0.717) is 0 Å². The van der Waals surface area contributed by atoms with Crippen LogP contribution >= 0.6 is 22.6 Å². The predicted molar refractivity (Wildman–Crippen MR) is 79.5 cm³/mol. The van der Waals surface area contributed by atoms with Crippen LogP contribution in [0.15, 0.2) is 12.3 Å². The summed E-state index contributed by atoms with van der Waals surface area (Å²) in [7, 11) is 0. The van der Waals surface area contributed by atoms with Crippen molar-refractivity contribution in [3.63, 3.8) is 0 Å². The van der Waals surface area contributed by atoms with E-state index in [4.69, 9.17) is 4.74 Å². The van der Waals surface area contributed by atoms with Gasteiger partial charge in [0.05, 0.1) is 6.04 Å². The summed E-state index contributed by atoms with van der Waals surface area (Å²) in [5, 5.41) is 2.81. The summed E-state index contributed by atoms with van der Waals surface area (Å²) in [6, 6.07) is 1.86. The summed E-state index contributed by atoms with van der Waals surface area (Å²) in [6.07, 6.45) is 1.38. The van der Waals surface area contributed by atoms with Gasteiger partial charge < -0.3 is 10.1 Å².